The number of aryl methyl sites for hydroxylation is 2. The molecule has 0 saturated carbocycles. The third-order valence-corrected chi connectivity index (χ3v) is 4.01. The Bertz CT molecular complexity index is 743. The Morgan fingerprint density at radius 3 is 1.39 bits per heavy atom. The molecule has 4 nitrogen and oxygen atoms in total. The number of benzene rings is 2. The third kappa shape index (κ3) is 8.49. The Hall–Kier alpha value is -3.14. The first-order valence-corrected chi connectivity index (χ1v) is 9.36. The summed E-state index contributed by atoms with van der Waals surface area (Å²) in [6.07, 6.45) is 7.56. The molecule has 0 fully saturated rings. The van der Waals surface area contributed by atoms with Crippen molar-refractivity contribution in [1.82, 2.24) is 0 Å². The van der Waals surface area contributed by atoms with E-state index in [1.165, 1.54) is 23.3 Å². The van der Waals surface area contributed by atoms with Crippen molar-refractivity contribution >= 4 is 24.1 Å². The lowest BCUT2D eigenvalue weighted by Gasteiger charge is -2.03. The molecule has 0 aliphatic heterocycles. The van der Waals surface area contributed by atoms with E-state index in [-0.39, 0.29) is 11.9 Å². The molecule has 0 aliphatic carbocycles. The van der Waals surface area contributed by atoms with Gasteiger partial charge in [0.05, 0.1) is 13.2 Å². The van der Waals surface area contributed by atoms with Crippen LogP contribution in [0.5, 0.6) is 0 Å². The fraction of sp³-hybridized carbons (Fsp3) is 0.250. The number of hydrogen-bond donors (Lipinski definition) is 0. The van der Waals surface area contributed by atoms with Gasteiger partial charge in [-0.1, -0.05) is 59.7 Å². The highest BCUT2D eigenvalue weighted by Gasteiger charge is 2.00. The highest BCUT2D eigenvalue weighted by Crippen LogP contribution is 2.06. The van der Waals surface area contributed by atoms with Crippen molar-refractivity contribution in [3.8, 4) is 0 Å². The van der Waals surface area contributed by atoms with Gasteiger partial charge < -0.3 is 9.47 Å². The summed E-state index contributed by atoms with van der Waals surface area (Å²) in [5, 5.41) is 0. The summed E-state index contributed by atoms with van der Waals surface area (Å²) in [5.41, 5.74) is 4.25. The molecule has 0 spiro atoms. The summed E-state index contributed by atoms with van der Waals surface area (Å²) in [5.74, 6) is -0.753. The van der Waals surface area contributed by atoms with Crippen LogP contribution in [0.4, 0.5) is 0 Å². The molecule has 0 radical (unpaired) electrons. The van der Waals surface area contributed by atoms with Crippen LogP contribution < -0.4 is 0 Å². The van der Waals surface area contributed by atoms with E-state index in [1.807, 2.05) is 62.4 Å². The van der Waals surface area contributed by atoms with Crippen molar-refractivity contribution in [2.24, 2.45) is 0 Å². The smallest absolute Gasteiger partial charge is 0.330 e. The zero-order chi connectivity index (χ0) is 20.2. The maximum absolute atomic E-state index is 11.7. The summed E-state index contributed by atoms with van der Waals surface area (Å²) in [6, 6.07) is 15.7. The van der Waals surface area contributed by atoms with E-state index in [9.17, 15) is 9.59 Å². The maximum Gasteiger partial charge on any atom is 0.330 e. The average molecular weight is 378 g/mol. The molecule has 0 atom stereocenters. The molecule has 2 aromatic carbocycles. The summed E-state index contributed by atoms with van der Waals surface area (Å²) in [4.78, 5) is 23.3. The van der Waals surface area contributed by atoms with Crippen LogP contribution in [-0.2, 0) is 19.1 Å². The second-order valence-corrected chi connectivity index (χ2v) is 6.53. The highest BCUT2D eigenvalue weighted by molar-refractivity contribution is 5.87. The Kier molecular flexibility index (Phi) is 8.73. The zero-order valence-electron chi connectivity index (χ0n) is 16.4. The highest BCUT2D eigenvalue weighted by atomic mass is 16.5. The van der Waals surface area contributed by atoms with Gasteiger partial charge in [0.25, 0.3) is 0 Å². The van der Waals surface area contributed by atoms with E-state index in [0.29, 0.717) is 26.1 Å². The van der Waals surface area contributed by atoms with Gasteiger partial charge in [-0.2, -0.15) is 0 Å². The second-order valence-electron chi connectivity index (χ2n) is 6.53. The lowest BCUT2D eigenvalue weighted by molar-refractivity contribution is -0.140. The van der Waals surface area contributed by atoms with Gasteiger partial charge in [-0.05, 0) is 50.0 Å². The van der Waals surface area contributed by atoms with E-state index in [0.717, 1.165) is 11.1 Å². The molecule has 0 aliphatic rings. The lowest BCUT2D eigenvalue weighted by Crippen LogP contribution is -2.06. The number of carbonyl (C=O) groups excluding carboxylic acids is 2. The first-order chi connectivity index (χ1) is 13.5. The first-order valence-electron chi connectivity index (χ1n) is 9.36. The fourth-order valence-electron chi connectivity index (χ4n) is 2.33. The van der Waals surface area contributed by atoms with Crippen LogP contribution in [0.2, 0.25) is 0 Å². The average Bonchev–Trinajstić information content (AvgIpc) is 2.69. The summed E-state index contributed by atoms with van der Waals surface area (Å²) in [7, 11) is 0. The fourth-order valence-corrected chi connectivity index (χ4v) is 2.33. The molecule has 0 bridgehead atoms. The van der Waals surface area contributed by atoms with Crippen molar-refractivity contribution in [2.75, 3.05) is 13.2 Å². The van der Waals surface area contributed by atoms with Gasteiger partial charge in [0.15, 0.2) is 0 Å². The number of ether oxygens (including phenoxy) is 2. The largest absolute Gasteiger partial charge is 0.463 e. The molecule has 4 heteroatoms. The minimum absolute atomic E-state index is 0.299. The van der Waals surface area contributed by atoms with Gasteiger partial charge in [-0.25, -0.2) is 9.59 Å². The summed E-state index contributed by atoms with van der Waals surface area (Å²) in [6.45, 7) is 4.63. The van der Waals surface area contributed by atoms with Gasteiger partial charge in [0.1, 0.15) is 0 Å². The van der Waals surface area contributed by atoms with Crippen molar-refractivity contribution in [3.05, 3.63) is 82.9 Å². The lowest BCUT2D eigenvalue weighted by atomic mass is 10.1. The SMILES string of the molecule is Cc1ccc(/C=C\C(=O)OCCCCOC(=O)/C=C/c2ccc(C)cc2)cc1. The molecular weight excluding hydrogens is 352 g/mol. The number of unbranched alkanes of at least 4 members (excludes halogenated alkanes) is 1. The van der Waals surface area contributed by atoms with Crippen LogP contribution >= 0.6 is 0 Å². The molecule has 2 rings (SSSR count). The predicted molar refractivity (Wildman–Crippen MR) is 112 cm³/mol. The summed E-state index contributed by atoms with van der Waals surface area (Å²) < 4.78 is 10.3. The van der Waals surface area contributed by atoms with Crippen LogP contribution in [0.1, 0.15) is 35.1 Å². The predicted octanol–water partition coefficient (Wildman–Crippen LogP) is 4.90. The summed E-state index contributed by atoms with van der Waals surface area (Å²) >= 11 is 0. The quantitative estimate of drug-likeness (QED) is 0.354. The maximum atomic E-state index is 11.7. The Balaban J connectivity index is 1.56. The van der Waals surface area contributed by atoms with E-state index in [4.69, 9.17) is 9.47 Å². The minimum Gasteiger partial charge on any atom is -0.463 e. The molecular formula is C24H26O4. The van der Waals surface area contributed by atoms with Gasteiger partial charge >= 0.3 is 11.9 Å². The van der Waals surface area contributed by atoms with Crippen LogP contribution in [0.25, 0.3) is 12.2 Å². The van der Waals surface area contributed by atoms with Crippen LogP contribution in [0.3, 0.4) is 0 Å². The standard InChI is InChI=1S/C24H26O4/c1-19-5-9-21(10-6-19)13-15-23(25)27-17-3-4-18-28-24(26)16-14-22-11-7-20(2)8-12-22/h5-16H,3-4,17-18H2,1-2H3/b15-13-,16-14+. The van der Waals surface area contributed by atoms with Crippen LogP contribution in [-0.4, -0.2) is 25.2 Å². The topological polar surface area (TPSA) is 52.6 Å². The molecule has 28 heavy (non-hydrogen) atoms. The minimum atomic E-state index is -0.376. The Morgan fingerprint density at radius 1 is 0.679 bits per heavy atom. The van der Waals surface area contributed by atoms with E-state index in [1.54, 1.807) is 12.2 Å². The van der Waals surface area contributed by atoms with Gasteiger partial charge in [0.2, 0.25) is 0 Å². The molecule has 146 valence electrons. The second kappa shape index (κ2) is 11.5. The molecule has 0 saturated heterocycles. The number of hydrogen-bond acceptors (Lipinski definition) is 4. The van der Waals surface area contributed by atoms with E-state index < -0.39 is 0 Å². The van der Waals surface area contributed by atoms with Gasteiger partial charge in [0, 0.05) is 12.2 Å². The van der Waals surface area contributed by atoms with Crippen LogP contribution in [0, 0.1) is 13.8 Å². The zero-order valence-corrected chi connectivity index (χ0v) is 16.4. The number of esters is 2. The monoisotopic (exact) mass is 378 g/mol. The third-order valence-electron chi connectivity index (χ3n) is 4.01. The van der Waals surface area contributed by atoms with Crippen LogP contribution in [0.15, 0.2) is 60.7 Å². The van der Waals surface area contributed by atoms with Gasteiger partial charge in [-0.3, -0.25) is 0 Å². The van der Waals surface area contributed by atoms with E-state index >= 15 is 0 Å². The molecule has 0 unspecified atom stereocenters. The Morgan fingerprint density at radius 2 is 1.04 bits per heavy atom. The van der Waals surface area contributed by atoms with Crippen molar-refractivity contribution in [3.63, 3.8) is 0 Å². The number of rotatable bonds is 9. The van der Waals surface area contributed by atoms with E-state index in [2.05, 4.69) is 0 Å². The molecule has 0 heterocycles. The molecule has 0 amide bonds. The molecule has 0 N–H and O–H groups in total. The first kappa shape index (κ1) is 21.2. The normalized spacial score (nSPS) is 11.1. The van der Waals surface area contributed by atoms with Gasteiger partial charge in [-0.15, -0.1) is 0 Å². The molecule has 2 aromatic rings. The number of carbonyl (C=O) groups is 2. The molecule has 0 aromatic heterocycles. The van der Waals surface area contributed by atoms with Crippen molar-refractivity contribution in [2.45, 2.75) is 26.7 Å². The Labute approximate surface area is 166 Å². The van der Waals surface area contributed by atoms with Crippen molar-refractivity contribution < 1.29 is 19.1 Å². The van der Waals surface area contributed by atoms with Crippen molar-refractivity contribution in [1.29, 1.82) is 0 Å².